The van der Waals surface area contributed by atoms with Gasteiger partial charge in [0.15, 0.2) is 11.5 Å². The van der Waals surface area contributed by atoms with E-state index < -0.39 is 0 Å². The van der Waals surface area contributed by atoms with E-state index in [1.165, 1.54) is 0 Å². The maximum atomic E-state index is 12.5. The zero-order valence-corrected chi connectivity index (χ0v) is 13.6. The van der Waals surface area contributed by atoms with Crippen molar-refractivity contribution in [1.82, 2.24) is 4.90 Å². The molecule has 0 aliphatic carbocycles. The van der Waals surface area contributed by atoms with E-state index >= 15 is 0 Å². The highest BCUT2D eigenvalue weighted by Gasteiger charge is 2.17. The normalized spacial score (nSPS) is 10.2. The van der Waals surface area contributed by atoms with Gasteiger partial charge in [0.25, 0.3) is 5.91 Å². The topological polar surface area (TPSA) is 48.0 Å². The summed E-state index contributed by atoms with van der Waals surface area (Å²) in [6, 6.07) is 5.15. The second-order valence-corrected chi connectivity index (χ2v) is 4.84. The first kappa shape index (κ1) is 16.8. The van der Waals surface area contributed by atoms with Gasteiger partial charge in [-0.15, -0.1) is 0 Å². The predicted octanol–water partition coefficient (Wildman–Crippen LogP) is 2.19. The van der Waals surface area contributed by atoms with Crippen LogP contribution in [0.25, 0.3) is 0 Å². The van der Waals surface area contributed by atoms with E-state index in [2.05, 4.69) is 15.9 Å². The third-order valence-electron chi connectivity index (χ3n) is 2.84. The summed E-state index contributed by atoms with van der Waals surface area (Å²) in [5.74, 6) is 1.10. The van der Waals surface area contributed by atoms with Crippen molar-refractivity contribution in [1.29, 1.82) is 0 Å². The van der Waals surface area contributed by atoms with Crippen molar-refractivity contribution in [3.8, 4) is 11.5 Å². The molecule has 0 aliphatic rings. The molecule has 0 N–H and O–H groups in total. The SMILES string of the molecule is COCCN(CCBr)C(=O)c1ccc(OC)c(OC)c1. The minimum Gasteiger partial charge on any atom is -0.493 e. The Kier molecular flexibility index (Phi) is 7.40. The Bertz CT molecular complexity index is 439. The number of ether oxygens (including phenoxy) is 3. The maximum Gasteiger partial charge on any atom is 0.254 e. The van der Waals surface area contributed by atoms with Crippen molar-refractivity contribution in [2.45, 2.75) is 0 Å². The van der Waals surface area contributed by atoms with Crippen molar-refractivity contribution in [2.24, 2.45) is 0 Å². The Morgan fingerprint density at radius 3 is 2.40 bits per heavy atom. The molecule has 0 fully saturated rings. The molecule has 1 aromatic carbocycles. The molecule has 1 rings (SSSR count). The second-order valence-electron chi connectivity index (χ2n) is 4.04. The highest BCUT2D eigenvalue weighted by molar-refractivity contribution is 9.09. The smallest absolute Gasteiger partial charge is 0.254 e. The van der Waals surface area contributed by atoms with Crippen LogP contribution in [-0.4, -0.2) is 57.2 Å². The van der Waals surface area contributed by atoms with Gasteiger partial charge >= 0.3 is 0 Å². The van der Waals surface area contributed by atoms with Crippen LogP contribution in [0.2, 0.25) is 0 Å². The van der Waals surface area contributed by atoms with Gasteiger partial charge in [0.1, 0.15) is 0 Å². The largest absolute Gasteiger partial charge is 0.493 e. The minimum atomic E-state index is -0.0533. The molecule has 0 aliphatic heterocycles. The van der Waals surface area contributed by atoms with Gasteiger partial charge in [-0.2, -0.15) is 0 Å². The number of hydrogen-bond acceptors (Lipinski definition) is 4. The van der Waals surface area contributed by atoms with E-state index in [-0.39, 0.29) is 5.91 Å². The first-order chi connectivity index (χ1) is 9.67. The first-order valence-electron chi connectivity index (χ1n) is 6.24. The molecule has 0 saturated carbocycles. The lowest BCUT2D eigenvalue weighted by molar-refractivity contribution is 0.0708. The number of alkyl halides is 1. The van der Waals surface area contributed by atoms with Gasteiger partial charge in [-0.25, -0.2) is 0 Å². The molecule has 6 heteroatoms. The monoisotopic (exact) mass is 345 g/mol. The van der Waals surface area contributed by atoms with Crippen LogP contribution in [0.4, 0.5) is 0 Å². The van der Waals surface area contributed by atoms with Crippen LogP contribution in [0.5, 0.6) is 11.5 Å². The molecule has 5 nitrogen and oxygen atoms in total. The number of nitrogens with zero attached hydrogens (tertiary/aromatic N) is 1. The summed E-state index contributed by atoms with van der Waals surface area (Å²) in [6.07, 6.45) is 0. The molecule has 0 unspecified atom stereocenters. The number of hydrogen-bond donors (Lipinski definition) is 0. The average Bonchev–Trinajstić information content (AvgIpc) is 2.49. The summed E-state index contributed by atoms with van der Waals surface area (Å²) in [5.41, 5.74) is 0.569. The highest BCUT2D eigenvalue weighted by Crippen LogP contribution is 2.28. The second kappa shape index (κ2) is 8.81. The number of carbonyl (C=O) groups excluding carboxylic acids is 1. The molecular formula is C14H20BrNO4. The molecule has 0 saturated heterocycles. The van der Waals surface area contributed by atoms with E-state index in [0.717, 1.165) is 5.33 Å². The fourth-order valence-corrected chi connectivity index (χ4v) is 2.20. The molecule has 0 spiro atoms. The van der Waals surface area contributed by atoms with E-state index in [9.17, 15) is 4.79 Å². The zero-order valence-electron chi connectivity index (χ0n) is 12.0. The molecule has 0 radical (unpaired) electrons. The first-order valence-corrected chi connectivity index (χ1v) is 7.36. The maximum absolute atomic E-state index is 12.5. The summed E-state index contributed by atoms with van der Waals surface area (Å²) < 4.78 is 15.4. The van der Waals surface area contributed by atoms with E-state index in [0.29, 0.717) is 36.8 Å². The molecule has 112 valence electrons. The highest BCUT2D eigenvalue weighted by atomic mass is 79.9. The molecule has 20 heavy (non-hydrogen) atoms. The van der Waals surface area contributed by atoms with Crippen LogP contribution in [0, 0.1) is 0 Å². The molecule has 1 aromatic rings. The lowest BCUT2D eigenvalue weighted by Gasteiger charge is -2.22. The van der Waals surface area contributed by atoms with Crippen LogP contribution in [0.1, 0.15) is 10.4 Å². The summed E-state index contributed by atoms with van der Waals surface area (Å²) in [5, 5.41) is 0.718. The number of halogens is 1. The van der Waals surface area contributed by atoms with Crippen molar-refractivity contribution < 1.29 is 19.0 Å². The summed E-state index contributed by atoms with van der Waals surface area (Å²) in [7, 11) is 4.73. The van der Waals surface area contributed by atoms with Crippen molar-refractivity contribution in [3.63, 3.8) is 0 Å². The third kappa shape index (κ3) is 4.38. The number of rotatable bonds is 8. The number of benzene rings is 1. The molecule has 0 aromatic heterocycles. The molecule has 0 bridgehead atoms. The van der Waals surface area contributed by atoms with Gasteiger partial charge < -0.3 is 19.1 Å². The van der Waals surface area contributed by atoms with Gasteiger partial charge in [-0.05, 0) is 18.2 Å². The Morgan fingerprint density at radius 1 is 1.15 bits per heavy atom. The van der Waals surface area contributed by atoms with Crippen LogP contribution >= 0.6 is 15.9 Å². The Balaban J connectivity index is 2.93. The van der Waals surface area contributed by atoms with Gasteiger partial charge in [-0.1, -0.05) is 15.9 Å². The summed E-state index contributed by atoms with van der Waals surface area (Å²) in [4.78, 5) is 14.2. The van der Waals surface area contributed by atoms with Gasteiger partial charge in [0.05, 0.1) is 20.8 Å². The predicted molar refractivity (Wildman–Crippen MR) is 81.1 cm³/mol. The molecule has 0 atom stereocenters. The number of carbonyl (C=O) groups is 1. The molecule has 0 heterocycles. The van der Waals surface area contributed by atoms with E-state index in [1.807, 2.05) is 0 Å². The molecular weight excluding hydrogens is 326 g/mol. The average molecular weight is 346 g/mol. The van der Waals surface area contributed by atoms with Gasteiger partial charge in [-0.3, -0.25) is 4.79 Å². The Morgan fingerprint density at radius 2 is 1.85 bits per heavy atom. The van der Waals surface area contributed by atoms with E-state index in [4.69, 9.17) is 14.2 Å². The van der Waals surface area contributed by atoms with Crippen molar-refractivity contribution >= 4 is 21.8 Å². The van der Waals surface area contributed by atoms with Crippen molar-refractivity contribution in [2.75, 3.05) is 46.4 Å². The molecule has 1 amide bonds. The van der Waals surface area contributed by atoms with Crippen molar-refractivity contribution in [3.05, 3.63) is 23.8 Å². The van der Waals surface area contributed by atoms with Crippen LogP contribution in [0.3, 0.4) is 0 Å². The van der Waals surface area contributed by atoms with Gasteiger partial charge in [0, 0.05) is 31.1 Å². The minimum absolute atomic E-state index is 0.0533. The fourth-order valence-electron chi connectivity index (χ4n) is 1.77. The van der Waals surface area contributed by atoms with Crippen LogP contribution < -0.4 is 9.47 Å². The Labute approximate surface area is 127 Å². The summed E-state index contributed by atoms with van der Waals surface area (Å²) >= 11 is 3.35. The fraction of sp³-hybridized carbons (Fsp3) is 0.500. The standard InChI is InChI=1S/C14H20BrNO4/c1-18-9-8-16(7-6-15)14(17)11-4-5-12(19-2)13(10-11)20-3/h4-5,10H,6-9H2,1-3H3. The van der Waals surface area contributed by atoms with Crippen LogP contribution in [-0.2, 0) is 4.74 Å². The zero-order chi connectivity index (χ0) is 15.0. The van der Waals surface area contributed by atoms with E-state index in [1.54, 1.807) is 44.4 Å². The van der Waals surface area contributed by atoms with Crippen LogP contribution in [0.15, 0.2) is 18.2 Å². The third-order valence-corrected chi connectivity index (χ3v) is 3.19. The summed E-state index contributed by atoms with van der Waals surface area (Å²) in [6.45, 7) is 1.68. The lowest BCUT2D eigenvalue weighted by atomic mass is 10.1. The number of methoxy groups -OCH3 is 3. The van der Waals surface area contributed by atoms with Gasteiger partial charge in [0.2, 0.25) is 0 Å². The number of amides is 1. The quantitative estimate of drug-likeness (QED) is 0.677. The Hall–Kier alpha value is -1.27. The lowest BCUT2D eigenvalue weighted by Crippen LogP contribution is -2.35.